The van der Waals surface area contributed by atoms with Crippen molar-refractivity contribution in [2.75, 3.05) is 0 Å². The Kier molecular flexibility index (Phi) is 4.57. The van der Waals surface area contributed by atoms with Gasteiger partial charge in [0.05, 0.1) is 0 Å². The summed E-state index contributed by atoms with van der Waals surface area (Å²) in [4.78, 5) is 0.699. The maximum atomic E-state index is 6.12. The van der Waals surface area contributed by atoms with Crippen molar-refractivity contribution in [1.29, 1.82) is 0 Å². The Balaban J connectivity index is 1.81. The molecule has 3 heteroatoms. The highest BCUT2D eigenvalue weighted by Gasteiger charge is 2.28. The van der Waals surface area contributed by atoms with Gasteiger partial charge < -0.3 is 0 Å². The minimum Gasteiger partial charge on any atom is -0.0888 e. The summed E-state index contributed by atoms with van der Waals surface area (Å²) in [5.41, 5.74) is 1.17. The Morgan fingerprint density at radius 1 is 1.31 bits per heavy atom. The van der Waals surface area contributed by atoms with E-state index in [1.165, 1.54) is 31.2 Å². The summed E-state index contributed by atoms with van der Waals surface area (Å²) >= 11 is 15.8. The molecule has 0 radical (unpaired) electrons. The second kappa shape index (κ2) is 5.75. The van der Waals surface area contributed by atoms with E-state index in [1.54, 1.807) is 0 Å². The first-order valence-electron chi connectivity index (χ1n) is 5.75. The van der Waals surface area contributed by atoms with E-state index in [0.717, 1.165) is 22.4 Å². The van der Waals surface area contributed by atoms with Gasteiger partial charge in [0, 0.05) is 14.9 Å². The topological polar surface area (TPSA) is 0 Å². The van der Waals surface area contributed by atoms with Gasteiger partial charge in [-0.1, -0.05) is 39.1 Å². The molecule has 1 unspecified atom stereocenters. The van der Waals surface area contributed by atoms with Gasteiger partial charge in [0.15, 0.2) is 0 Å². The maximum Gasteiger partial charge on any atom is 0.0439 e. The van der Waals surface area contributed by atoms with E-state index in [4.69, 9.17) is 23.2 Å². The molecule has 2 rings (SSSR count). The first kappa shape index (κ1) is 12.7. The van der Waals surface area contributed by atoms with Crippen LogP contribution in [0, 0.1) is 5.92 Å². The molecule has 0 aliphatic heterocycles. The highest BCUT2D eigenvalue weighted by molar-refractivity contribution is 9.09. The van der Waals surface area contributed by atoms with Crippen LogP contribution in [0.25, 0.3) is 0 Å². The van der Waals surface area contributed by atoms with Crippen LogP contribution in [-0.4, -0.2) is 4.83 Å². The van der Waals surface area contributed by atoms with Crippen molar-refractivity contribution in [2.45, 2.75) is 36.9 Å². The molecule has 1 aromatic rings. The lowest BCUT2D eigenvalue weighted by atomic mass is 10.1. The van der Waals surface area contributed by atoms with Crippen LogP contribution in [0.15, 0.2) is 18.2 Å². The number of alkyl halides is 1. The summed E-state index contributed by atoms with van der Waals surface area (Å²) in [5.74, 6) is 0.926. The zero-order valence-electron chi connectivity index (χ0n) is 9.06. The number of hydrogen-bond donors (Lipinski definition) is 0. The first-order valence-corrected chi connectivity index (χ1v) is 7.42. The average molecular weight is 322 g/mol. The summed E-state index contributed by atoms with van der Waals surface area (Å²) in [7, 11) is 0. The molecule has 0 bridgehead atoms. The summed E-state index contributed by atoms with van der Waals surface area (Å²) in [5, 5.41) is 1.61. The predicted octanol–water partition coefficient (Wildman–Crippen LogP) is 5.49. The molecule has 1 saturated carbocycles. The number of benzene rings is 1. The summed E-state index contributed by atoms with van der Waals surface area (Å²) in [6.45, 7) is 0. The van der Waals surface area contributed by atoms with Gasteiger partial charge >= 0.3 is 0 Å². The zero-order valence-corrected chi connectivity index (χ0v) is 12.2. The standard InChI is InChI=1S/C13H15BrCl2/c14-12(9-4-5-9)3-1-2-10-8-11(15)6-7-13(10)16/h6-9,12H,1-5H2. The van der Waals surface area contributed by atoms with Gasteiger partial charge in [0.1, 0.15) is 0 Å². The number of halogens is 3. The fourth-order valence-corrected chi connectivity index (χ4v) is 3.18. The molecule has 1 fully saturated rings. The molecule has 0 saturated heterocycles. The fourth-order valence-electron chi connectivity index (χ4n) is 1.92. The Labute approximate surface area is 115 Å². The van der Waals surface area contributed by atoms with Gasteiger partial charge in [-0.3, -0.25) is 0 Å². The number of aryl methyl sites for hydroxylation is 1. The van der Waals surface area contributed by atoms with Crippen LogP contribution >= 0.6 is 39.1 Å². The Bertz CT molecular complexity index is 361. The van der Waals surface area contributed by atoms with Crippen LogP contribution in [-0.2, 0) is 6.42 Å². The first-order chi connectivity index (χ1) is 7.66. The second-order valence-corrected chi connectivity index (χ2v) is 6.50. The summed E-state index contributed by atoms with van der Waals surface area (Å²) in [6, 6.07) is 5.70. The molecule has 0 N–H and O–H groups in total. The smallest absolute Gasteiger partial charge is 0.0439 e. The van der Waals surface area contributed by atoms with Crippen molar-refractivity contribution < 1.29 is 0 Å². The molecular weight excluding hydrogens is 307 g/mol. The van der Waals surface area contributed by atoms with Gasteiger partial charge in [-0.15, -0.1) is 0 Å². The van der Waals surface area contributed by atoms with Gasteiger partial charge in [-0.2, -0.15) is 0 Å². The summed E-state index contributed by atoms with van der Waals surface area (Å²) in [6.07, 6.45) is 6.22. The van der Waals surface area contributed by atoms with Crippen LogP contribution in [0.5, 0.6) is 0 Å². The van der Waals surface area contributed by atoms with E-state index < -0.39 is 0 Å². The molecule has 0 aromatic heterocycles. The zero-order chi connectivity index (χ0) is 11.5. The van der Waals surface area contributed by atoms with E-state index in [2.05, 4.69) is 15.9 Å². The fraction of sp³-hybridized carbons (Fsp3) is 0.538. The molecule has 0 nitrogen and oxygen atoms in total. The quantitative estimate of drug-likeness (QED) is 0.629. The van der Waals surface area contributed by atoms with Crippen molar-refractivity contribution in [3.8, 4) is 0 Å². The second-order valence-electron chi connectivity index (χ2n) is 4.48. The molecule has 88 valence electrons. The van der Waals surface area contributed by atoms with Crippen LogP contribution in [0.2, 0.25) is 10.0 Å². The molecule has 0 heterocycles. The van der Waals surface area contributed by atoms with Gasteiger partial charge in [0.2, 0.25) is 0 Å². The minimum absolute atomic E-state index is 0.699. The lowest BCUT2D eigenvalue weighted by molar-refractivity contribution is 0.654. The number of rotatable bonds is 5. The Hall–Kier alpha value is 0.280. The van der Waals surface area contributed by atoms with Crippen LogP contribution < -0.4 is 0 Å². The van der Waals surface area contributed by atoms with Crippen molar-refractivity contribution in [3.63, 3.8) is 0 Å². The average Bonchev–Trinajstić information content (AvgIpc) is 3.06. The van der Waals surface area contributed by atoms with Gasteiger partial charge in [-0.25, -0.2) is 0 Å². The lowest BCUT2D eigenvalue weighted by Gasteiger charge is -2.08. The predicted molar refractivity (Wildman–Crippen MR) is 74.8 cm³/mol. The van der Waals surface area contributed by atoms with Crippen LogP contribution in [0.3, 0.4) is 0 Å². The third-order valence-corrected chi connectivity index (χ3v) is 4.88. The molecule has 1 aliphatic rings. The van der Waals surface area contributed by atoms with Gasteiger partial charge in [-0.05, 0) is 61.8 Å². The van der Waals surface area contributed by atoms with E-state index in [-0.39, 0.29) is 0 Å². The third kappa shape index (κ3) is 3.65. The molecule has 16 heavy (non-hydrogen) atoms. The van der Waals surface area contributed by atoms with Crippen LogP contribution in [0.4, 0.5) is 0 Å². The normalized spacial score (nSPS) is 17.4. The Morgan fingerprint density at radius 3 is 2.75 bits per heavy atom. The van der Waals surface area contributed by atoms with Crippen molar-refractivity contribution in [2.24, 2.45) is 5.92 Å². The molecule has 0 spiro atoms. The monoisotopic (exact) mass is 320 g/mol. The van der Waals surface area contributed by atoms with E-state index in [1.807, 2.05) is 18.2 Å². The largest absolute Gasteiger partial charge is 0.0888 e. The molecule has 1 atom stereocenters. The van der Waals surface area contributed by atoms with Gasteiger partial charge in [0.25, 0.3) is 0 Å². The lowest BCUT2D eigenvalue weighted by Crippen LogP contribution is -2.01. The molecule has 0 amide bonds. The van der Waals surface area contributed by atoms with E-state index in [0.29, 0.717) is 4.83 Å². The molecule has 1 aromatic carbocycles. The Morgan fingerprint density at radius 2 is 2.06 bits per heavy atom. The van der Waals surface area contributed by atoms with Crippen molar-refractivity contribution in [3.05, 3.63) is 33.8 Å². The highest BCUT2D eigenvalue weighted by atomic mass is 79.9. The number of hydrogen-bond acceptors (Lipinski definition) is 0. The SMILES string of the molecule is Clc1ccc(Cl)c(CCCC(Br)C2CC2)c1. The third-order valence-electron chi connectivity index (χ3n) is 3.07. The summed E-state index contributed by atoms with van der Waals surface area (Å²) < 4.78 is 0. The highest BCUT2D eigenvalue weighted by Crippen LogP contribution is 2.39. The molecular formula is C13H15BrCl2. The molecule has 1 aliphatic carbocycles. The minimum atomic E-state index is 0.699. The van der Waals surface area contributed by atoms with Crippen LogP contribution in [0.1, 0.15) is 31.2 Å². The van der Waals surface area contributed by atoms with Crippen molar-refractivity contribution >= 4 is 39.1 Å². The van der Waals surface area contributed by atoms with E-state index >= 15 is 0 Å². The van der Waals surface area contributed by atoms with Crippen molar-refractivity contribution in [1.82, 2.24) is 0 Å². The maximum absolute atomic E-state index is 6.12. The van der Waals surface area contributed by atoms with E-state index in [9.17, 15) is 0 Å².